The molecule has 1 saturated heterocycles. The van der Waals surface area contributed by atoms with Crippen LogP contribution < -0.4 is 0 Å². The fraction of sp³-hybridized carbons (Fsp3) is 0.316. The SMILES string of the molecule is O=S(=O)(c1ccc(Cc2nc(-c3ccncc3)no2)cc1)N1CCCCC1. The van der Waals surface area contributed by atoms with Crippen LogP contribution in [-0.4, -0.2) is 40.9 Å². The van der Waals surface area contributed by atoms with E-state index in [1.165, 1.54) is 0 Å². The average Bonchev–Trinajstić information content (AvgIpc) is 3.18. The molecule has 0 amide bonds. The molecule has 1 aliphatic rings. The molecule has 0 radical (unpaired) electrons. The van der Waals surface area contributed by atoms with Gasteiger partial charge in [-0.05, 0) is 42.7 Å². The van der Waals surface area contributed by atoms with Crippen molar-refractivity contribution in [3.05, 3.63) is 60.2 Å². The monoisotopic (exact) mass is 384 g/mol. The number of sulfonamides is 1. The number of aromatic nitrogens is 3. The van der Waals surface area contributed by atoms with Gasteiger partial charge in [0.05, 0.1) is 11.3 Å². The Hall–Kier alpha value is -2.58. The van der Waals surface area contributed by atoms with Gasteiger partial charge < -0.3 is 4.52 Å². The second kappa shape index (κ2) is 7.58. The van der Waals surface area contributed by atoms with Crippen molar-refractivity contribution in [1.29, 1.82) is 0 Å². The van der Waals surface area contributed by atoms with Crippen LogP contribution in [0.15, 0.2) is 58.2 Å². The summed E-state index contributed by atoms with van der Waals surface area (Å²) in [6.45, 7) is 1.20. The molecule has 1 aromatic carbocycles. The third-order valence-corrected chi connectivity index (χ3v) is 6.55. The number of hydrogen-bond donors (Lipinski definition) is 0. The van der Waals surface area contributed by atoms with Crippen molar-refractivity contribution in [3.8, 4) is 11.4 Å². The topological polar surface area (TPSA) is 89.2 Å². The lowest BCUT2D eigenvalue weighted by Gasteiger charge is -2.25. The lowest BCUT2D eigenvalue weighted by atomic mass is 10.1. The van der Waals surface area contributed by atoms with Crippen LogP contribution in [0.1, 0.15) is 30.7 Å². The molecular formula is C19H20N4O3S. The lowest BCUT2D eigenvalue weighted by Crippen LogP contribution is -2.35. The highest BCUT2D eigenvalue weighted by molar-refractivity contribution is 7.89. The van der Waals surface area contributed by atoms with Gasteiger partial charge in [0.15, 0.2) is 0 Å². The van der Waals surface area contributed by atoms with E-state index in [4.69, 9.17) is 4.52 Å². The van der Waals surface area contributed by atoms with Crippen LogP contribution in [0.5, 0.6) is 0 Å². The van der Waals surface area contributed by atoms with Crippen molar-refractivity contribution in [2.45, 2.75) is 30.6 Å². The van der Waals surface area contributed by atoms with Gasteiger partial charge in [-0.1, -0.05) is 23.7 Å². The van der Waals surface area contributed by atoms with Gasteiger partial charge in [0.2, 0.25) is 21.7 Å². The van der Waals surface area contributed by atoms with Gasteiger partial charge in [-0.15, -0.1) is 0 Å². The summed E-state index contributed by atoms with van der Waals surface area (Å²) in [5.74, 6) is 0.991. The smallest absolute Gasteiger partial charge is 0.243 e. The summed E-state index contributed by atoms with van der Waals surface area (Å²) in [6, 6.07) is 10.5. The molecule has 3 heterocycles. The largest absolute Gasteiger partial charge is 0.339 e. The molecule has 0 N–H and O–H groups in total. The molecular weight excluding hydrogens is 364 g/mol. The first-order valence-electron chi connectivity index (χ1n) is 8.95. The zero-order chi connectivity index (χ0) is 18.7. The van der Waals surface area contributed by atoms with Gasteiger partial charge in [0.1, 0.15) is 0 Å². The summed E-state index contributed by atoms with van der Waals surface area (Å²) in [7, 11) is -3.41. The Kier molecular flexibility index (Phi) is 5.00. The third kappa shape index (κ3) is 3.91. The number of pyridine rings is 1. The summed E-state index contributed by atoms with van der Waals surface area (Å²) >= 11 is 0. The maximum absolute atomic E-state index is 12.7. The Bertz CT molecular complexity index is 995. The molecule has 0 spiro atoms. The zero-order valence-electron chi connectivity index (χ0n) is 14.8. The first-order valence-corrected chi connectivity index (χ1v) is 10.4. The molecule has 1 fully saturated rings. The van der Waals surface area contributed by atoms with Crippen LogP contribution in [0.2, 0.25) is 0 Å². The van der Waals surface area contributed by atoms with Crippen LogP contribution in [0.4, 0.5) is 0 Å². The second-order valence-corrected chi connectivity index (χ2v) is 8.47. The first kappa shape index (κ1) is 17.8. The van der Waals surface area contributed by atoms with Gasteiger partial charge in [-0.3, -0.25) is 4.98 Å². The van der Waals surface area contributed by atoms with E-state index < -0.39 is 10.0 Å². The van der Waals surface area contributed by atoms with Crippen molar-refractivity contribution >= 4 is 10.0 Å². The molecule has 27 heavy (non-hydrogen) atoms. The van der Waals surface area contributed by atoms with E-state index in [1.807, 2.05) is 12.1 Å². The molecule has 7 nitrogen and oxygen atoms in total. The van der Waals surface area contributed by atoms with Gasteiger partial charge >= 0.3 is 0 Å². The standard InChI is InChI=1S/C19H20N4O3S/c24-27(25,23-12-2-1-3-13-23)17-6-4-15(5-7-17)14-18-21-19(22-26-18)16-8-10-20-11-9-16/h4-11H,1-3,12-14H2. The fourth-order valence-corrected chi connectivity index (χ4v) is 4.67. The highest BCUT2D eigenvalue weighted by atomic mass is 32.2. The highest BCUT2D eigenvalue weighted by Crippen LogP contribution is 2.22. The summed E-state index contributed by atoms with van der Waals surface area (Å²) in [5.41, 5.74) is 1.75. The Morgan fingerprint density at radius 1 is 0.963 bits per heavy atom. The average molecular weight is 384 g/mol. The van der Waals surface area contributed by atoms with Gasteiger partial charge in [0.25, 0.3) is 0 Å². The van der Waals surface area contributed by atoms with Crippen molar-refractivity contribution in [2.75, 3.05) is 13.1 Å². The molecule has 0 bridgehead atoms. The predicted octanol–water partition coefficient (Wildman–Crippen LogP) is 2.90. The number of hydrogen-bond acceptors (Lipinski definition) is 6. The molecule has 0 unspecified atom stereocenters. The summed E-state index contributed by atoms with van der Waals surface area (Å²) in [5, 5.41) is 3.98. The second-order valence-electron chi connectivity index (χ2n) is 6.53. The number of rotatable bonds is 5. The van der Waals surface area contributed by atoms with E-state index in [0.717, 1.165) is 30.4 Å². The Morgan fingerprint density at radius 3 is 2.37 bits per heavy atom. The van der Waals surface area contributed by atoms with E-state index in [2.05, 4.69) is 15.1 Å². The third-order valence-electron chi connectivity index (χ3n) is 4.64. The Morgan fingerprint density at radius 2 is 1.67 bits per heavy atom. The molecule has 0 saturated carbocycles. The highest BCUT2D eigenvalue weighted by Gasteiger charge is 2.25. The van der Waals surface area contributed by atoms with Gasteiger partial charge in [0, 0.05) is 31.0 Å². The summed E-state index contributed by atoms with van der Waals surface area (Å²) < 4.78 is 32.3. The maximum atomic E-state index is 12.7. The molecule has 3 aromatic rings. The van der Waals surface area contributed by atoms with Crippen LogP contribution in [-0.2, 0) is 16.4 Å². The minimum absolute atomic E-state index is 0.330. The summed E-state index contributed by atoms with van der Waals surface area (Å²) in [6.07, 6.45) is 6.74. The van der Waals surface area contributed by atoms with E-state index in [1.54, 1.807) is 41.0 Å². The van der Waals surface area contributed by atoms with E-state index in [9.17, 15) is 8.42 Å². The van der Waals surface area contributed by atoms with Crippen molar-refractivity contribution < 1.29 is 12.9 Å². The lowest BCUT2D eigenvalue weighted by molar-refractivity contribution is 0.346. The summed E-state index contributed by atoms with van der Waals surface area (Å²) in [4.78, 5) is 8.69. The predicted molar refractivity (Wildman–Crippen MR) is 99.4 cm³/mol. The number of benzene rings is 1. The molecule has 1 aliphatic heterocycles. The van der Waals surface area contributed by atoms with Crippen LogP contribution in [0.3, 0.4) is 0 Å². The fourth-order valence-electron chi connectivity index (χ4n) is 3.15. The van der Waals surface area contributed by atoms with Crippen LogP contribution >= 0.6 is 0 Å². The van der Waals surface area contributed by atoms with E-state index in [-0.39, 0.29) is 0 Å². The Labute approximate surface area is 158 Å². The molecule has 0 aliphatic carbocycles. The quantitative estimate of drug-likeness (QED) is 0.672. The number of piperidine rings is 1. The molecule has 4 rings (SSSR count). The van der Waals surface area contributed by atoms with E-state index >= 15 is 0 Å². The maximum Gasteiger partial charge on any atom is 0.243 e. The van der Waals surface area contributed by atoms with Crippen molar-refractivity contribution in [3.63, 3.8) is 0 Å². The number of nitrogens with zero attached hydrogens (tertiary/aromatic N) is 4. The van der Waals surface area contributed by atoms with Gasteiger partial charge in [-0.2, -0.15) is 9.29 Å². The molecule has 8 heteroatoms. The normalized spacial score (nSPS) is 15.7. The van der Waals surface area contributed by atoms with Gasteiger partial charge in [-0.25, -0.2) is 8.42 Å². The minimum atomic E-state index is -3.41. The van der Waals surface area contributed by atoms with Crippen LogP contribution in [0.25, 0.3) is 11.4 Å². The van der Waals surface area contributed by atoms with Crippen molar-refractivity contribution in [1.82, 2.24) is 19.4 Å². The molecule has 0 atom stereocenters. The molecule has 140 valence electrons. The minimum Gasteiger partial charge on any atom is -0.339 e. The Balaban J connectivity index is 1.48. The first-order chi connectivity index (χ1) is 13.1. The van der Waals surface area contributed by atoms with E-state index in [0.29, 0.717) is 36.1 Å². The van der Waals surface area contributed by atoms with Crippen LogP contribution in [0, 0.1) is 0 Å². The molecule has 2 aromatic heterocycles. The zero-order valence-corrected chi connectivity index (χ0v) is 15.6. The van der Waals surface area contributed by atoms with Crippen molar-refractivity contribution in [2.24, 2.45) is 0 Å².